The molecule has 0 unspecified atom stereocenters. The second-order valence-corrected chi connectivity index (χ2v) is 7.10. The highest BCUT2D eigenvalue weighted by molar-refractivity contribution is 9.10. The Morgan fingerprint density at radius 3 is 2.54 bits per heavy atom. The highest BCUT2D eigenvalue weighted by Gasteiger charge is 2.14. The first kappa shape index (κ1) is 18.7. The van der Waals surface area contributed by atoms with Crippen molar-refractivity contribution in [2.24, 2.45) is 4.99 Å². The number of nitrogens with zero attached hydrogens (tertiary/aromatic N) is 1. The topological polar surface area (TPSA) is 82.6 Å². The van der Waals surface area contributed by atoms with E-state index in [9.17, 15) is 9.59 Å². The number of aliphatic imine (C=N–C) groups is 1. The molecule has 0 spiro atoms. The van der Waals surface area contributed by atoms with E-state index in [1.54, 1.807) is 36.4 Å². The van der Waals surface area contributed by atoms with E-state index in [0.29, 0.717) is 31.6 Å². The van der Waals surface area contributed by atoms with E-state index in [-0.39, 0.29) is 24.8 Å². The van der Waals surface area contributed by atoms with Gasteiger partial charge in [-0.25, -0.2) is 0 Å². The number of carbonyl (C=O) groups is 2. The predicted molar refractivity (Wildman–Crippen MR) is 106 cm³/mol. The van der Waals surface area contributed by atoms with E-state index < -0.39 is 0 Å². The Kier molecular flexibility index (Phi) is 5.80. The van der Waals surface area contributed by atoms with Gasteiger partial charge in [0.25, 0.3) is 5.91 Å². The fraction of sp³-hybridized carbons (Fsp3) is 0.118. The Morgan fingerprint density at radius 1 is 1.15 bits per heavy atom. The fourth-order valence-corrected chi connectivity index (χ4v) is 3.21. The van der Waals surface area contributed by atoms with Crippen molar-refractivity contribution in [1.29, 1.82) is 0 Å². The molecule has 6 nitrogen and oxygen atoms in total. The summed E-state index contributed by atoms with van der Waals surface area (Å²) in [5.41, 5.74) is 7.21. The lowest BCUT2D eigenvalue weighted by Gasteiger charge is -2.16. The van der Waals surface area contributed by atoms with Crippen LogP contribution >= 0.6 is 39.1 Å². The van der Waals surface area contributed by atoms with Crippen molar-refractivity contribution in [3.8, 4) is 0 Å². The smallest absolute Gasteiger partial charge is 0.260 e. The summed E-state index contributed by atoms with van der Waals surface area (Å²) >= 11 is 15.7. The summed E-state index contributed by atoms with van der Waals surface area (Å²) in [5, 5.41) is 3.66. The molecule has 2 amide bonds. The number of nitrogens with one attached hydrogen (secondary N) is 3. The summed E-state index contributed by atoms with van der Waals surface area (Å²) < 4.78 is 0.684. The standard InChI is InChI=1S/C17H13BrCl2N4O2/c18-12-5-6-13(19)11(16(12)20)7-14(25)22-10-3-1-9(2-4-10)17-21-8-15(26)23-24-17/h1-6H,7-8H2,(H,21,24)(H,22,25)(H,23,26). The van der Waals surface area contributed by atoms with Crippen LogP contribution in [0.15, 0.2) is 45.9 Å². The van der Waals surface area contributed by atoms with E-state index >= 15 is 0 Å². The molecule has 0 saturated heterocycles. The molecule has 1 heterocycles. The molecular weight excluding hydrogens is 443 g/mol. The minimum Gasteiger partial charge on any atom is -0.326 e. The van der Waals surface area contributed by atoms with Gasteiger partial charge in [0.05, 0.1) is 11.4 Å². The molecule has 2 aromatic rings. The van der Waals surface area contributed by atoms with Gasteiger partial charge in [-0.05, 0) is 57.9 Å². The summed E-state index contributed by atoms with van der Waals surface area (Å²) in [5.74, 6) is 0.137. The summed E-state index contributed by atoms with van der Waals surface area (Å²) in [6.07, 6.45) is 0.0547. The van der Waals surface area contributed by atoms with Crippen LogP contribution < -0.4 is 16.2 Å². The van der Waals surface area contributed by atoms with E-state index in [1.807, 2.05) is 0 Å². The quantitative estimate of drug-likeness (QED) is 0.618. The number of amidine groups is 1. The van der Waals surface area contributed by atoms with Crippen molar-refractivity contribution in [2.45, 2.75) is 6.42 Å². The molecule has 0 bridgehead atoms. The number of rotatable bonds is 4. The Morgan fingerprint density at radius 2 is 1.88 bits per heavy atom. The summed E-state index contributed by atoms with van der Waals surface area (Å²) in [4.78, 5) is 27.5. The van der Waals surface area contributed by atoms with Gasteiger partial charge in [0.2, 0.25) is 5.91 Å². The van der Waals surface area contributed by atoms with Gasteiger partial charge in [-0.2, -0.15) is 0 Å². The minimum absolute atomic E-state index is 0.0547. The molecule has 0 saturated carbocycles. The molecule has 2 aromatic carbocycles. The number of amides is 2. The zero-order chi connectivity index (χ0) is 18.7. The molecule has 0 atom stereocenters. The van der Waals surface area contributed by atoms with Crippen LogP contribution in [-0.4, -0.2) is 24.2 Å². The molecule has 1 aliphatic heterocycles. The van der Waals surface area contributed by atoms with Crippen LogP contribution in [0.1, 0.15) is 11.1 Å². The van der Waals surface area contributed by atoms with Crippen molar-refractivity contribution in [2.75, 3.05) is 11.9 Å². The van der Waals surface area contributed by atoms with Crippen LogP contribution in [0.2, 0.25) is 10.0 Å². The molecule has 0 radical (unpaired) electrons. The maximum absolute atomic E-state index is 12.3. The van der Waals surface area contributed by atoms with E-state index in [0.717, 1.165) is 5.56 Å². The number of hydrazine groups is 1. The van der Waals surface area contributed by atoms with Gasteiger partial charge >= 0.3 is 0 Å². The zero-order valence-corrected chi connectivity index (χ0v) is 16.4. The van der Waals surface area contributed by atoms with Gasteiger partial charge < -0.3 is 5.32 Å². The van der Waals surface area contributed by atoms with Gasteiger partial charge in [0, 0.05) is 20.7 Å². The normalized spacial score (nSPS) is 13.5. The number of carbonyl (C=O) groups excluding carboxylic acids is 2. The Labute approximate surface area is 168 Å². The molecule has 3 N–H and O–H groups in total. The monoisotopic (exact) mass is 454 g/mol. The number of benzene rings is 2. The molecule has 3 rings (SSSR count). The first-order valence-corrected chi connectivity index (χ1v) is 9.11. The fourth-order valence-electron chi connectivity index (χ4n) is 2.33. The average Bonchev–Trinajstić information content (AvgIpc) is 2.63. The van der Waals surface area contributed by atoms with Crippen molar-refractivity contribution < 1.29 is 9.59 Å². The SMILES string of the molecule is O=C1CN=C(c2ccc(NC(=O)Cc3c(Cl)ccc(Br)c3Cl)cc2)NN1. The van der Waals surface area contributed by atoms with Crippen molar-refractivity contribution >= 4 is 62.5 Å². The lowest BCUT2D eigenvalue weighted by Crippen LogP contribution is -2.47. The third-order valence-corrected chi connectivity index (χ3v) is 5.29. The van der Waals surface area contributed by atoms with Gasteiger partial charge in [0.15, 0.2) is 0 Å². The summed E-state index contributed by atoms with van der Waals surface area (Å²) in [6.45, 7) is 0.0783. The third kappa shape index (κ3) is 4.35. The number of hydrogen-bond acceptors (Lipinski definition) is 4. The van der Waals surface area contributed by atoms with Crippen LogP contribution in [0.25, 0.3) is 0 Å². The molecule has 26 heavy (non-hydrogen) atoms. The average molecular weight is 456 g/mol. The molecule has 0 aliphatic carbocycles. The number of anilines is 1. The van der Waals surface area contributed by atoms with Crippen LogP contribution in [-0.2, 0) is 16.0 Å². The molecule has 0 aromatic heterocycles. The van der Waals surface area contributed by atoms with Crippen molar-refractivity contribution in [3.63, 3.8) is 0 Å². The van der Waals surface area contributed by atoms with Gasteiger partial charge in [-0.3, -0.25) is 25.4 Å². The molecule has 134 valence electrons. The van der Waals surface area contributed by atoms with Crippen LogP contribution in [0.3, 0.4) is 0 Å². The van der Waals surface area contributed by atoms with Crippen LogP contribution in [0.4, 0.5) is 5.69 Å². The third-order valence-electron chi connectivity index (χ3n) is 3.62. The van der Waals surface area contributed by atoms with Gasteiger partial charge in [-0.15, -0.1) is 0 Å². The lowest BCUT2D eigenvalue weighted by molar-refractivity contribution is -0.120. The maximum atomic E-state index is 12.3. The summed E-state index contributed by atoms with van der Waals surface area (Å²) in [6, 6.07) is 10.5. The Hall–Kier alpha value is -2.09. The highest BCUT2D eigenvalue weighted by atomic mass is 79.9. The van der Waals surface area contributed by atoms with Crippen molar-refractivity contribution in [3.05, 3.63) is 62.0 Å². The second kappa shape index (κ2) is 8.07. The first-order chi connectivity index (χ1) is 12.4. The highest BCUT2D eigenvalue weighted by Crippen LogP contribution is 2.32. The number of hydrogen-bond donors (Lipinski definition) is 3. The zero-order valence-electron chi connectivity index (χ0n) is 13.3. The number of halogens is 3. The van der Waals surface area contributed by atoms with E-state index in [4.69, 9.17) is 23.2 Å². The minimum atomic E-state index is -0.236. The molecule has 1 aliphatic rings. The summed E-state index contributed by atoms with van der Waals surface area (Å²) in [7, 11) is 0. The van der Waals surface area contributed by atoms with E-state index in [2.05, 4.69) is 37.1 Å². The Bertz CT molecular complexity index is 900. The van der Waals surface area contributed by atoms with Gasteiger partial charge in [-0.1, -0.05) is 23.2 Å². The van der Waals surface area contributed by atoms with E-state index in [1.165, 1.54) is 0 Å². The largest absolute Gasteiger partial charge is 0.326 e. The predicted octanol–water partition coefficient (Wildman–Crippen LogP) is 3.32. The first-order valence-electron chi connectivity index (χ1n) is 7.56. The van der Waals surface area contributed by atoms with Crippen LogP contribution in [0.5, 0.6) is 0 Å². The molecular formula is C17H13BrCl2N4O2. The lowest BCUT2D eigenvalue weighted by atomic mass is 10.1. The van der Waals surface area contributed by atoms with Crippen LogP contribution in [0, 0.1) is 0 Å². The van der Waals surface area contributed by atoms with Crippen molar-refractivity contribution in [1.82, 2.24) is 10.9 Å². The van der Waals surface area contributed by atoms with Gasteiger partial charge in [0.1, 0.15) is 12.4 Å². The Balaban J connectivity index is 1.67. The molecule has 9 heteroatoms. The maximum Gasteiger partial charge on any atom is 0.260 e. The molecule has 0 fully saturated rings. The second-order valence-electron chi connectivity index (χ2n) is 5.46.